The zero-order valence-electron chi connectivity index (χ0n) is 14.5. The van der Waals surface area contributed by atoms with Gasteiger partial charge in [0.25, 0.3) is 0 Å². The third kappa shape index (κ3) is 6.85. The topological polar surface area (TPSA) is 100 Å². The number of carbonyl (C=O) groups excluding carboxylic acids is 2. The van der Waals surface area contributed by atoms with E-state index in [4.69, 9.17) is 9.39 Å². The monoisotopic (exact) mass is 347 g/mol. The summed E-state index contributed by atoms with van der Waals surface area (Å²) in [7, 11) is 1.51. The van der Waals surface area contributed by atoms with Gasteiger partial charge in [-0.25, -0.2) is 4.79 Å². The van der Waals surface area contributed by atoms with Gasteiger partial charge in [-0.15, -0.1) is 0 Å². The van der Waals surface area contributed by atoms with Gasteiger partial charge in [-0.05, 0) is 17.9 Å². The van der Waals surface area contributed by atoms with Gasteiger partial charge in [0.2, 0.25) is 5.91 Å². The lowest BCUT2D eigenvalue weighted by molar-refractivity contribution is -0.150. The number of esters is 1. The molecule has 1 fully saturated rings. The van der Waals surface area contributed by atoms with Crippen LogP contribution in [-0.4, -0.2) is 49.3 Å². The molecule has 2 rings (SSSR count). The van der Waals surface area contributed by atoms with Crippen molar-refractivity contribution >= 4 is 19.4 Å². The normalized spacial score (nSPS) is 18.2. The number of aliphatic hydroxyl groups excluding tert-OH is 1. The van der Waals surface area contributed by atoms with Gasteiger partial charge >= 0.3 is 13.5 Å². The van der Waals surface area contributed by atoms with Crippen LogP contribution in [0, 0.1) is 5.92 Å². The molecule has 1 aliphatic rings. The van der Waals surface area contributed by atoms with Crippen LogP contribution in [-0.2, 0) is 25.6 Å². The predicted molar refractivity (Wildman–Crippen MR) is 92.3 cm³/mol. The zero-order valence-corrected chi connectivity index (χ0v) is 14.5. The summed E-state index contributed by atoms with van der Waals surface area (Å²) in [5, 5.41) is 14.8. The smallest absolute Gasteiger partial charge is 0.342 e. The first-order valence-corrected chi connectivity index (χ1v) is 8.36. The molecule has 0 aliphatic carbocycles. The molecule has 0 aromatic heterocycles. The molecular weight excluding hydrogens is 323 g/mol. The molecule has 1 saturated heterocycles. The van der Waals surface area contributed by atoms with Crippen LogP contribution in [0.15, 0.2) is 30.3 Å². The summed E-state index contributed by atoms with van der Waals surface area (Å²) in [6, 6.07) is 7.73. The molecule has 1 heterocycles. The molecule has 1 aliphatic heterocycles. The van der Waals surface area contributed by atoms with Crippen molar-refractivity contribution in [1.29, 1.82) is 0 Å². The van der Waals surface area contributed by atoms with E-state index < -0.39 is 30.6 Å². The van der Waals surface area contributed by atoms with Crippen LogP contribution in [0.25, 0.3) is 0 Å². The average Bonchev–Trinajstić information content (AvgIpc) is 3.41. The molecule has 3 N–H and O–H groups in total. The Labute approximate surface area is 148 Å². The van der Waals surface area contributed by atoms with E-state index in [0.717, 1.165) is 5.56 Å². The third-order valence-electron chi connectivity index (χ3n) is 3.67. The Morgan fingerprint density at radius 2 is 1.96 bits per heavy atom. The van der Waals surface area contributed by atoms with E-state index in [1.54, 1.807) is 0 Å². The minimum Gasteiger partial charge on any atom is -0.459 e. The zero-order chi connectivity index (χ0) is 18.2. The van der Waals surface area contributed by atoms with E-state index >= 15 is 0 Å². The molecule has 7 nitrogen and oxygen atoms in total. The first-order valence-electron chi connectivity index (χ1n) is 8.36. The van der Waals surface area contributed by atoms with E-state index in [2.05, 4.69) is 10.6 Å². The fraction of sp³-hybridized carbons (Fsp3) is 0.529. The second-order valence-electron chi connectivity index (χ2n) is 6.38. The summed E-state index contributed by atoms with van der Waals surface area (Å²) in [5.41, 5.74) is 0.877. The van der Waals surface area contributed by atoms with Crippen LogP contribution in [0.4, 0.5) is 0 Å². The molecule has 135 valence electrons. The number of carbonyl (C=O) groups is 2. The van der Waals surface area contributed by atoms with Crippen molar-refractivity contribution in [2.24, 2.45) is 5.92 Å². The lowest BCUT2D eigenvalue weighted by Gasteiger charge is -2.22. The average molecular weight is 347 g/mol. The third-order valence-corrected chi connectivity index (χ3v) is 3.67. The van der Waals surface area contributed by atoms with E-state index in [1.165, 1.54) is 7.48 Å². The Hall–Kier alpha value is -1.90. The highest BCUT2D eigenvalue weighted by Gasteiger charge is 2.33. The largest absolute Gasteiger partial charge is 0.459 e. The van der Waals surface area contributed by atoms with Gasteiger partial charge in [0.1, 0.15) is 18.7 Å². The molecule has 3 atom stereocenters. The highest BCUT2D eigenvalue weighted by atomic mass is 16.5. The second kappa shape index (κ2) is 9.55. The van der Waals surface area contributed by atoms with Gasteiger partial charge in [0.15, 0.2) is 0 Å². The molecule has 1 radical (unpaired) electrons. The van der Waals surface area contributed by atoms with E-state index in [-0.39, 0.29) is 18.7 Å². The Bertz CT molecular complexity index is 565. The molecule has 1 unspecified atom stereocenters. The van der Waals surface area contributed by atoms with Crippen LogP contribution < -0.4 is 10.6 Å². The standard InChI is InChI=1S/C17H24BN2O5/c1-11(2)8-13(16(23)24-10-12-6-4-3-5-7-12)19-15(22)14(9-21)20-17-18-25-17/h3-7,11,13-14,17,20-21H,8-10H2,1-2H3,(H,19,22)/t13-,14-,17?/m0/s1. The van der Waals surface area contributed by atoms with Crippen LogP contribution in [0.2, 0.25) is 0 Å². The minimum atomic E-state index is -0.847. The number of aliphatic hydroxyl groups is 1. The summed E-state index contributed by atoms with van der Waals surface area (Å²) in [6.45, 7) is 3.67. The van der Waals surface area contributed by atoms with Gasteiger partial charge in [-0.2, -0.15) is 0 Å². The summed E-state index contributed by atoms with van der Waals surface area (Å²) in [4.78, 5) is 24.7. The van der Waals surface area contributed by atoms with Crippen molar-refractivity contribution in [3.63, 3.8) is 0 Å². The van der Waals surface area contributed by atoms with Gasteiger partial charge in [0.05, 0.1) is 12.7 Å². The Balaban J connectivity index is 1.91. The number of ether oxygens (including phenoxy) is 1. The number of hydrogen-bond acceptors (Lipinski definition) is 6. The molecule has 25 heavy (non-hydrogen) atoms. The molecular formula is C17H24BN2O5. The fourth-order valence-corrected chi connectivity index (χ4v) is 2.31. The first kappa shape index (κ1) is 19.4. The van der Waals surface area contributed by atoms with Crippen LogP contribution in [0.1, 0.15) is 25.8 Å². The lowest BCUT2D eigenvalue weighted by atomic mass is 10.0. The molecule has 1 amide bonds. The molecule has 0 bridgehead atoms. The van der Waals surface area contributed by atoms with Crippen molar-refractivity contribution in [3.05, 3.63) is 35.9 Å². The summed E-state index contributed by atoms with van der Waals surface area (Å²) in [6.07, 6.45) is 0.111. The van der Waals surface area contributed by atoms with Gasteiger partial charge in [-0.1, -0.05) is 44.2 Å². The van der Waals surface area contributed by atoms with Crippen LogP contribution >= 0.6 is 0 Å². The van der Waals surface area contributed by atoms with Gasteiger partial charge in [-0.3, -0.25) is 10.1 Å². The molecule has 1 aromatic rings. The summed E-state index contributed by atoms with van der Waals surface area (Å²) < 4.78 is 10.2. The fourth-order valence-electron chi connectivity index (χ4n) is 2.31. The van der Waals surface area contributed by atoms with Crippen LogP contribution in [0.5, 0.6) is 0 Å². The second-order valence-corrected chi connectivity index (χ2v) is 6.38. The summed E-state index contributed by atoms with van der Waals surface area (Å²) in [5.74, 6) is -0.763. The number of nitrogens with one attached hydrogen (secondary N) is 2. The van der Waals surface area contributed by atoms with E-state index in [1.807, 2.05) is 44.2 Å². The Morgan fingerprint density at radius 3 is 2.52 bits per heavy atom. The van der Waals surface area contributed by atoms with Gasteiger partial charge < -0.3 is 19.8 Å². The number of benzene rings is 1. The maximum atomic E-state index is 12.4. The maximum absolute atomic E-state index is 12.4. The SMILES string of the molecule is CC(C)C[C@H](NC(=O)[C@H](CO)NC1[B]O1)C(=O)OCc1ccccc1. The molecule has 0 saturated carbocycles. The predicted octanol–water partition coefficient (Wildman–Crippen LogP) is 0.144. The van der Waals surface area contributed by atoms with Crippen molar-refractivity contribution in [2.45, 2.75) is 45.1 Å². The number of hydrogen-bond donors (Lipinski definition) is 3. The van der Waals surface area contributed by atoms with Crippen LogP contribution in [0.3, 0.4) is 0 Å². The number of rotatable bonds is 10. The van der Waals surface area contributed by atoms with Crippen molar-refractivity contribution in [2.75, 3.05) is 6.61 Å². The quantitative estimate of drug-likeness (QED) is 0.316. The Kier molecular flexibility index (Phi) is 7.42. The molecule has 8 heteroatoms. The highest BCUT2D eigenvalue weighted by molar-refractivity contribution is 6.38. The van der Waals surface area contributed by atoms with E-state index in [0.29, 0.717) is 6.42 Å². The van der Waals surface area contributed by atoms with Crippen molar-refractivity contribution < 1.29 is 24.1 Å². The Morgan fingerprint density at radius 1 is 1.28 bits per heavy atom. The maximum Gasteiger partial charge on any atom is 0.342 e. The summed E-state index contributed by atoms with van der Waals surface area (Å²) >= 11 is 0. The van der Waals surface area contributed by atoms with E-state index in [9.17, 15) is 14.7 Å². The van der Waals surface area contributed by atoms with Crippen molar-refractivity contribution in [3.8, 4) is 0 Å². The molecule has 0 spiro atoms. The van der Waals surface area contributed by atoms with Gasteiger partial charge in [0, 0.05) is 0 Å². The van der Waals surface area contributed by atoms with Crippen molar-refractivity contribution in [1.82, 2.24) is 10.6 Å². The lowest BCUT2D eigenvalue weighted by Crippen LogP contribution is -2.53. The first-order chi connectivity index (χ1) is 12.0. The molecule has 1 aromatic carbocycles. The highest BCUT2D eigenvalue weighted by Crippen LogP contribution is 2.10. The minimum absolute atomic E-state index is 0.149. The number of amides is 1.